The summed E-state index contributed by atoms with van der Waals surface area (Å²) in [6.45, 7) is 3.30. The molecule has 2 heterocycles. The highest BCUT2D eigenvalue weighted by Crippen LogP contribution is 2.17. The van der Waals surface area contributed by atoms with Gasteiger partial charge >= 0.3 is 0 Å². The van der Waals surface area contributed by atoms with E-state index in [1.807, 2.05) is 28.0 Å². The molecule has 0 saturated carbocycles. The first-order valence-electron chi connectivity index (χ1n) is 9.72. The van der Waals surface area contributed by atoms with Gasteiger partial charge in [0.2, 0.25) is 11.8 Å². The van der Waals surface area contributed by atoms with Crippen molar-refractivity contribution in [3.63, 3.8) is 0 Å². The van der Waals surface area contributed by atoms with Gasteiger partial charge in [-0.2, -0.15) is 0 Å². The summed E-state index contributed by atoms with van der Waals surface area (Å²) in [7, 11) is 0. The molecule has 0 bridgehead atoms. The molecule has 3 rings (SSSR count). The van der Waals surface area contributed by atoms with Crippen LogP contribution in [0.5, 0.6) is 0 Å². The van der Waals surface area contributed by atoms with Crippen LogP contribution in [0.4, 0.5) is 0 Å². The molecule has 0 radical (unpaired) electrons. The Labute approximate surface area is 160 Å². The van der Waals surface area contributed by atoms with Crippen LogP contribution >= 0.6 is 11.9 Å². The lowest BCUT2D eigenvalue weighted by atomic mass is 10.1. The number of benzene rings is 1. The zero-order valence-corrected chi connectivity index (χ0v) is 16.2. The maximum Gasteiger partial charge on any atom is 0.241 e. The van der Waals surface area contributed by atoms with Gasteiger partial charge in [0.05, 0.1) is 6.42 Å². The molecule has 2 aliphatic heterocycles. The molecule has 2 amide bonds. The molecule has 0 spiro atoms. The number of likely N-dealkylation sites (tertiary alicyclic amines) is 2. The number of nitrogens with zero attached hydrogens (tertiary/aromatic N) is 2. The highest BCUT2D eigenvalue weighted by molar-refractivity contribution is 7.96. The maximum absolute atomic E-state index is 12.9. The Morgan fingerprint density at radius 3 is 2.23 bits per heavy atom. The lowest BCUT2D eigenvalue weighted by Crippen LogP contribution is -2.47. The third kappa shape index (κ3) is 5.48. The highest BCUT2D eigenvalue weighted by Gasteiger charge is 2.30. The molecular weight excluding hydrogens is 346 g/mol. The largest absolute Gasteiger partial charge is 0.343 e. The Bertz CT molecular complexity index is 584. The van der Waals surface area contributed by atoms with E-state index in [9.17, 15) is 9.59 Å². The van der Waals surface area contributed by atoms with Crippen molar-refractivity contribution in [2.75, 3.05) is 26.2 Å². The fraction of sp³-hybridized carbons (Fsp3) is 0.600. The second-order valence-corrected chi connectivity index (χ2v) is 7.94. The summed E-state index contributed by atoms with van der Waals surface area (Å²) in [6, 6.07) is 9.75. The summed E-state index contributed by atoms with van der Waals surface area (Å²) in [5.41, 5.74) is 1.21. The highest BCUT2D eigenvalue weighted by atomic mass is 32.2. The molecule has 5 nitrogen and oxygen atoms in total. The topological polar surface area (TPSA) is 52.7 Å². The molecule has 142 valence electrons. The van der Waals surface area contributed by atoms with Gasteiger partial charge in [-0.05, 0) is 37.7 Å². The first-order valence-corrected chi connectivity index (χ1v) is 10.7. The Balaban J connectivity index is 1.57. The van der Waals surface area contributed by atoms with Crippen LogP contribution in [0.2, 0.25) is 0 Å². The molecule has 2 fully saturated rings. The van der Waals surface area contributed by atoms with Crippen LogP contribution in [0.25, 0.3) is 0 Å². The fourth-order valence-corrected chi connectivity index (χ4v) is 4.41. The van der Waals surface area contributed by atoms with Gasteiger partial charge in [-0.25, -0.2) is 0 Å². The third-order valence-corrected chi connectivity index (χ3v) is 6.04. The van der Waals surface area contributed by atoms with E-state index in [2.05, 4.69) is 16.9 Å². The average molecular weight is 376 g/mol. The van der Waals surface area contributed by atoms with Crippen molar-refractivity contribution in [1.82, 2.24) is 14.5 Å². The summed E-state index contributed by atoms with van der Waals surface area (Å²) in [6.07, 6.45) is 5.74. The number of hydrogen-bond acceptors (Lipinski definition) is 4. The zero-order chi connectivity index (χ0) is 18.2. The third-order valence-electron chi connectivity index (χ3n) is 5.11. The number of carbonyl (C=O) groups excluding carboxylic acids is 2. The zero-order valence-electron chi connectivity index (χ0n) is 15.4. The Morgan fingerprint density at radius 1 is 0.923 bits per heavy atom. The van der Waals surface area contributed by atoms with Crippen molar-refractivity contribution in [2.45, 2.75) is 50.3 Å². The SMILES string of the molecule is O=C(CC(NSCc1ccccc1)C(=O)N1CCCC1)N1CCCCC1. The average Bonchev–Trinajstić information content (AvgIpc) is 3.23. The quantitative estimate of drug-likeness (QED) is 0.745. The van der Waals surface area contributed by atoms with Gasteiger partial charge in [0.1, 0.15) is 6.04 Å². The first kappa shape index (κ1) is 19.2. The number of nitrogens with one attached hydrogen (secondary N) is 1. The van der Waals surface area contributed by atoms with E-state index in [0.29, 0.717) is 0 Å². The first-order chi connectivity index (χ1) is 12.7. The Kier molecular flexibility index (Phi) is 7.38. The minimum Gasteiger partial charge on any atom is -0.343 e. The van der Waals surface area contributed by atoms with Crippen LogP contribution < -0.4 is 4.72 Å². The van der Waals surface area contributed by atoms with Crippen molar-refractivity contribution < 1.29 is 9.59 Å². The minimum atomic E-state index is -0.434. The van der Waals surface area contributed by atoms with Gasteiger partial charge < -0.3 is 9.80 Å². The number of hydrogen-bond donors (Lipinski definition) is 1. The molecule has 1 unspecified atom stereocenters. The standard InChI is InChI=1S/C20H29N3O2S/c24-19(22-11-5-2-6-12-22)15-18(20(25)23-13-7-8-14-23)21-26-16-17-9-3-1-4-10-17/h1,3-4,9-10,18,21H,2,5-8,11-16H2. The molecular formula is C20H29N3O2S. The smallest absolute Gasteiger partial charge is 0.241 e. The second kappa shape index (κ2) is 9.97. The van der Waals surface area contributed by atoms with E-state index in [-0.39, 0.29) is 18.2 Å². The van der Waals surface area contributed by atoms with Crippen LogP contribution in [0.1, 0.15) is 44.1 Å². The minimum absolute atomic E-state index is 0.0772. The molecule has 1 aromatic carbocycles. The normalized spacial score (nSPS) is 18.8. The molecule has 1 N–H and O–H groups in total. The predicted molar refractivity (Wildman–Crippen MR) is 106 cm³/mol. The van der Waals surface area contributed by atoms with Crippen LogP contribution in [0.15, 0.2) is 30.3 Å². The van der Waals surface area contributed by atoms with Crippen molar-refractivity contribution in [3.05, 3.63) is 35.9 Å². The molecule has 0 aliphatic carbocycles. The van der Waals surface area contributed by atoms with Crippen LogP contribution in [-0.2, 0) is 15.3 Å². The molecule has 1 aromatic rings. The fourth-order valence-electron chi connectivity index (χ4n) is 3.58. The Morgan fingerprint density at radius 2 is 1.54 bits per heavy atom. The second-order valence-electron chi connectivity index (χ2n) is 7.12. The summed E-state index contributed by atoms with van der Waals surface area (Å²) in [5, 5.41) is 0. The number of amides is 2. The maximum atomic E-state index is 12.9. The molecule has 2 aliphatic rings. The van der Waals surface area contributed by atoms with Crippen LogP contribution in [0.3, 0.4) is 0 Å². The van der Waals surface area contributed by atoms with E-state index in [1.165, 1.54) is 23.9 Å². The number of carbonyl (C=O) groups is 2. The van der Waals surface area contributed by atoms with E-state index >= 15 is 0 Å². The molecule has 1 atom stereocenters. The lowest BCUT2D eigenvalue weighted by molar-refractivity contribution is -0.138. The molecule has 6 heteroatoms. The van der Waals surface area contributed by atoms with E-state index in [1.54, 1.807) is 0 Å². The summed E-state index contributed by atoms with van der Waals surface area (Å²) < 4.78 is 3.29. The molecule has 2 saturated heterocycles. The van der Waals surface area contributed by atoms with E-state index in [0.717, 1.165) is 57.6 Å². The van der Waals surface area contributed by atoms with Crippen LogP contribution in [0, 0.1) is 0 Å². The molecule has 26 heavy (non-hydrogen) atoms. The number of piperidine rings is 1. The van der Waals surface area contributed by atoms with Gasteiger partial charge in [-0.1, -0.05) is 42.3 Å². The Hall–Kier alpha value is -1.53. The van der Waals surface area contributed by atoms with Gasteiger partial charge in [-0.15, -0.1) is 0 Å². The lowest BCUT2D eigenvalue weighted by Gasteiger charge is -2.29. The van der Waals surface area contributed by atoms with Gasteiger partial charge in [0.25, 0.3) is 0 Å². The van der Waals surface area contributed by atoms with Gasteiger partial charge in [-0.3, -0.25) is 14.3 Å². The van der Waals surface area contributed by atoms with Gasteiger partial charge in [0, 0.05) is 31.9 Å². The van der Waals surface area contributed by atoms with Crippen molar-refractivity contribution in [3.8, 4) is 0 Å². The summed E-state index contributed by atoms with van der Waals surface area (Å²) >= 11 is 1.52. The van der Waals surface area contributed by atoms with Crippen molar-refractivity contribution in [2.24, 2.45) is 0 Å². The van der Waals surface area contributed by atoms with Crippen LogP contribution in [-0.4, -0.2) is 53.8 Å². The van der Waals surface area contributed by atoms with Crippen molar-refractivity contribution >= 4 is 23.8 Å². The predicted octanol–water partition coefficient (Wildman–Crippen LogP) is 2.82. The molecule has 0 aromatic heterocycles. The van der Waals surface area contributed by atoms with Gasteiger partial charge in [0.15, 0.2) is 0 Å². The van der Waals surface area contributed by atoms with Crippen molar-refractivity contribution in [1.29, 1.82) is 0 Å². The monoisotopic (exact) mass is 375 g/mol. The van der Waals surface area contributed by atoms with E-state index < -0.39 is 6.04 Å². The van der Waals surface area contributed by atoms with E-state index in [4.69, 9.17) is 0 Å². The summed E-state index contributed by atoms with van der Waals surface area (Å²) in [5.74, 6) is 0.964. The summed E-state index contributed by atoms with van der Waals surface area (Å²) in [4.78, 5) is 29.4. The number of rotatable bonds is 7.